The molecule has 18 heavy (non-hydrogen) atoms. The first-order chi connectivity index (χ1) is 8.46. The maximum absolute atomic E-state index is 12.1. The summed E-state index contributed by atoms with van der Waals surface area (Å²) in [4.78, 5) is 12.1. The Morgan fingerprint density at radius 1 is 1.33 bits per heavy atom. The molecule has 0 radical (unpaired) electrons. The largest absolute Gasteiger partial charge is 0.295 e. The van der Waals surface area contributed by atoms with E-state index >= 15 is 0 Å². The Balaban J connectivity index is 2.12. The fourth-order valence-corrected chi connectivity index (χ4v) is 3.20. The van der Waals surface area contributed by atoms with E-state index in [1.54, 1.807) is 11.3 Å². The number of aryl methyl sites for hydroxylation is 1. The highest BCUT2D eigenvalue weighted by molar-refractivity contribution is 7.13. The Bertz CT molecular complexity index is 624. The first kappa shape index (κ1) is 11.6. The molecule has 0 unspecified atom stereocenters. The van der Waals surface area contributed by atoms with Gasteiger partial charge in [0.25, 0.3) is 0 Å². The first-order valence-corrected chi connectivity index (χ1v) is 6.82. The predicted molar refractivity (Wildman–Crippen MR) is 70.4 cm³/mol. The van der Waals surface area contributed by atoms with Crippen molar-refractivity contribution in [3.63, 3.8) is 0 Å². The number of nitrogens with zero attached hydrogens (tertiary/aromatic N) is 3. The molecule has 0 aliphatic heterocycles. The Labute approximate surface area is 110 Å². The van der Waals surface area contributed by atoms with Gasteiger partial charge in [0.1, 0.15) is 5.01 Å². The molecule has 0 N–H and O–H groups in total. The van der Waals surface area contributed by atoms with Crippen molar-refractivity contribution in [2.24, 2.45) is 5.41 Å². The number of hydrogen-bond acceptors (Lipinski definition) is 4. The summed E-state index contributed by atoms with van der Waals surface area (Å²) in [7, 11) is 0. The average Bonchev–Trinajstić information content (AvgIpc) is 2.82. The third kappa shape index (κ3) is 1.79. The van der Waals surface area contributed by atoms with Crippen molar-refractivity contribution in [3.05, 3.63) is 28.5 Å². The van der Waals surface area contributed by atoms with Gasteiger partial charge in [-0.1, -0.05) is 25.2 Å². The Morgan fingerprint density at radius 3 is 2.78 bits per heavy atom. The lowest BCUT2D eigenvalue weighted by Gasteiger charge is -2.29. The summed E-state index contributed by atoms with van der Waals surface area (Å²) in [6.07, 6.45) is 3.46. The number of hydrogen-bond donors (Lipinski definition) is 0. The quantitative estimate of drug-likeness (QED) is 0.793. The van der Waals surface area contributed by atoms with Crippen LogP contribution in [0.25, 0.3) is 5.13 Å². The molecule has 1 aliphatic rings. The molecule has 5 heteroatoms. The van der Waals surface area contributed by atoms with Crippen LogP contribution in [0.15, 0.2) is 12.3 Å². The third-order valence-corrected chi connectivity index (χ3v) is 4.14. The Morgan fingerprint density at radius 2 is 2.11 bits per heavy atom. The molecular formula is C13H15N3OS. The Hall–Kier alpha value is -1.49. The summed E-state index contributed by atoms with van der Waals surface area (Å²) < 4.78 is 2.01. The van der Waals surface area contributed by atoms with Crippen LogP contribution in [0.4, 0.5) is 0 Å². The highest BCUT2D eigenvalue weighted by atomic mass is 32.1. The molecule has 0 atom stereocenters. The molecule has 0 saturated heterocycles. The zero-order valence-electron chi connectivity index (χ0n) is 10.7. The van der Waals surface area contributed by atoms with E-state index in [0.717, 1.165) is 27.8 Å². The van der Waals surface area contributed by atoms with E-state index in [1.807, 2.05) is 23.8 Å². The highest BCUT2D eigenvalue weighted by Gasteiger charge is 2.33. The number of aromatic nitrogens is 3. The van der Waals surface area contributed by atoms with Crippen LogP contribution in [0.1, 0.15) is 41.3 Å². The van der Waals surface area contributed by atoms with Gasteiger partial charge in [0.15, 0.2) is 5.78 Å². The number of carbonyl (C=O) groups excluding carboxylic acids is 1. The number of carbonyl (C=O) groups is 1. The maximum atomic E-state index is 12.1. The van der Waals surface area contributed by atoms with Gasteiger partial charge < -0.3 is 0 Å². The Kier molecular flexibility index (Phi) is 2.41. The lowest BCUT2D eigenvalue weighted by molar-refractivity contribution is 0.0911. The maximum Gasteiger partial charge on any atom is 0.216 e. The van der Waals surface area contributed by atoms with Crippen molar-refractivity contribution in [2.75, 3.05) is 0 Å². The van der Waals surface area contributed by atoms with Gasteiger partial charge in [0, 0.05) is 23.9 Å². The number of fused-ring (bicyclic) bond motifs is 1. The summed E-state index contributed by atoms with van der Waals surface area (Å²) in [6, 6.07) is 1.91. The standard InChI is InChI=1S/C13H15N3OS/c1-8-14-15-12(18-8)16-5-4-9-10(16)6-13(2,3)7-11(9)17/h4-5H,6-7H2,1-3H3. The molecule has 1 aliphatic carbocycles. The third-order valence-electron chi connectivity index (χ3n) is 3.30. The fraction of sp³-hybridized carbons (Fsp3) is 0.462. The first-order valence-electron chi connectivity index (χ1n) is 6.00. The minimum absolute atomic E-state index is 0.0277. The van der Waals surface area contributed by atoms with Gasteiger partial charge in [0.05, 0.1) is 0 Å². The summed E-state index contributed by atoms with van der Waals surface area (Å²) in [5.41, 5.74) is 1.95. The zero-order chi connectivity index (χ0) is 12.9. The van der Waals surface area contributed by atoms with Gasteiger partial charge in [-0.05, 0) is 24.8 Å². The molecule has 0 saturated carbocycles. The van der Waals surface area contributed by atoms with E-state index < -0.39 is 0 Å². The van der Waals surface area contributed by atoms with E-state index in [4.69, 9.17) is 0 Å². The summed E-state index contributed by atoms with van der Waals surface area (Å²) >= 11 is 1.55. The summed E-state index contributed by atoms with van der Waals surface area (Å²) in [6.45, 7) is 6.21. The van der Waals surface area contributed by atoms with Crippen LogP contribution in [-0.2, 0) is 6.42 Å². The smallest absolute Gasteiger partial charge is 0.216 e. The van der Waals surface area contributed by atoms with E-state index in [-0.39, 0.29) is 11.2 Å². The van der Waals surface area contributed by atoms with Crippen LogP contribution >= 0.6 is 11.3 Å². The normalized spacial score (nSPS) is 17.8. The van der Waals surface area contributed by atoms with Crippen LogP contribution in [-0.4, -0.2) is 20.5 Å². The van der Waals surface area contributed by atoms with Crippen molar-refractivity contribution in [3.8, 4) is 5.13 Å². The van der Waals surface area contributed by atoms with Gasteiger partial charge in [-0.25, -0.2) is 0 Å². The van der Waals surface area contributed by atoms with Crippen LogP contribution in [0.5, 0.6) is 0 Å². The van der Waals surface area contributed by atoms with Crippen molar-refractivity contribution in [1.29, 1.82) is 0 Å². The van der Waals surface area contributed by atoms with Gasteiger partial charge in [-0.2, -0.15) is 0 Å². The van der Waals surface area contributed by atoms with Crippen molar-refractivity contribution >= 4 is 17.1 Å². The molecule has 0 fully saturated rings. The minimum atomic E-state index is 0.0277. The van der Waals surface area contributed by atoms with Crippen LogP contribution in [0, 0.1) is 12.3 Å². The molecule has 94 valence electrons. The molecule has 0 aromatic carbocycles. The molecule has 3 rings (SSSR count). The fourth-order valence-electron chi connectivity index (χ4n) is 2.51. The molecule has 2 heterocycles. The summed E-state index contributed by atoms with van der Waals surface area (Å²) in [5.74, 6) is 0.237. The number of rotatable bonds is 1. The van der Waals surface area contributed by atoms with Crippen LogP contribution < -0.4 is 0 Å². The van der Waals surface area contributed by atoms with Crippen LogP contribution in [0.2, 0.25) is 0 Å². The second-order valence-electron chi connectivity index (χ2n) is 5.59. The average molecular weight is 261 g/mol. The monoisotopic (exact) mass is 261 g/mol. The molecule has 2 aromatic rings. The highest BCUT2D eigenvalue weighted by Crippen LogP contribution is 2.36. The molecule has 2 aromatic heterocycles. The molecule has 0 spiro atoms. The van der Waals surface area contributed by atoms with Crippen LogP contribution in [0.3, 0.4) is 0 Å². The lowest BCUT2D eigenvalue weighted by atomic mass is 9.76. The van der Waals surface area contributed by atoms with E-state index in [1.165, 1.54) is 0 Å². The van der Waals surface area contributed by atoms with Gasteiger partial charge in [-0.3, -0.25) is 9.36 Å². The molecular weight excluding hydrogens is 246 g/mol. The molecule has 0 amide bonds. The van der Waals surface area contributed by atoms with E-state index in [9.17, 15) is 4.79 Å². The molecule has 4 nitrogen and oxygen atoms in total. The van der Waals surface area contributed by atoms with E-state index in [0.29, 0.717) is 6.42 Å². The zero-order valence-corrected chi connectivity index (χ0v) is 11.5. The molecule has 0 bridgehead atoms. The lowest BCUT2D eigenvalue weighted by Crippen LogP contribution is -2.27. The van der Waals surface area contributed by atoms with Crippen molar-refractivity contribution in [2.45, 2.75) is 33.6 Å². The summed E-state index contributed by atoms with van der Waals surface area (Å²) in [5, 5.41) is 9.98. The van der Waals surface area contributed by atoms with Crippen molar-refractivity contribution < 1.29 is 4.79 Å². The van der Waals surface area contributed by atoms with Gasteiger partial charge in [-0.15, -0.1) is 10.2 Å². The minimum Gasteiger partial charge on any atom is -0.295 e. The second kappa shape index (κ2) is 3.75. The topological polar surface area (TPSA) is 47.8 Å². The van der Waals surface area contributed by atoms with E-state index in [2.05, 4.69) is 24.0 Å². The number of ketones is 1. The van der Waals surface area contributed by atoms with Gasteiger partial charge >= 0.3 is 0 Å². The second-order valence-corrected chi connectivity index (χ2v) is 6.75. The predicted octanol–water partition coefficient (Wildman–Crippen LogP) is 2.79. The SMILES string of the molecule is Cc1nnc(-n2ccc3c2CC(C)(C)CC3=O)s1. The van der Waals surface area contributed by atoms with Gasteiger partial charge in [0.2, 0.25) is 5.13 Å². The number of Topliss-reactive ketones (excluding diaryl/α,β-unsaturated/α-hetero) is 1. The van der Waals surface area contributed by atoms with Crippen molar-refractivity contribution in [1.82, 2.24) is 14.8 Å².